The second kappa shape index (κ2) is 13.1. The minimum absolute atomic E-state index is 0.0542. The average Bonchev–Trinajstić information content (AvgIpc) is 3.02. The van der Waals surface area contributed by atoms with Crippen LogP contribution in [0.4, 0.5) is 10.5 Å². The highest BCUT2D eigenvalue weighted by Crippen LogP contribution is 2.40. The lowest BCUT2D eigenvalue weighted by Crippen LogP contribution is -2.51. The zero-order valence-corrected chi connectivity index (χ0v) is 22.9. The van der Waals surface area contributed by atoms with E-state index in [1.165, 1.54) is 6.08 Å². The van der Waals surface area contributed by atoms with Crippen LogP contribution in [0, 0.1) is 0 Å². The first-order valence-corrected chi connectivity index (χ1v) is 13.7. The Hall–Kier alpha value is -5.05. The molecule has 1 heterocycles. The highest BCUT2D eigenvalue weighted by atomic mass is 16.5. The summed E-state index contributed by atoms with van der Waals surface area (Å²) < 4.78 is 6.89. The van der Waals surface area contributed by atoms with Gasteiger partial charge in [0.05, 0.1) is 13.2 Å². The van der Waals surface area contributed by atoms with Crippen molar-refractivity contribution in [3.05, 3.63) is 143 Å². The van der Waals surface area contributed by atoms with Crippen molar-refractivity contribution in [2.75, 3.05) is 31.2 Å². The molecule has 4 amide bonds. The van der Waals surface area contributed by atoms with Crippen LogP contribution in [0.2, 0.25) is 0 Å². The predicted molar refractivity (Wildman–Crippen MR) is 161 cm³/mol. The first kappa shape index (κ1) is 28.5. The maximum atomic E-state index is 12.1. The van der Waals surface area contributed by atoms with E-state index in [2.05, 4.69) is 47.0 Å². The largest absolute Gasteiger partial charge is 0.395 e. The molecule has 212 valence electrons. The van der Waals surface area contributed by atoms with Crippen molar-refractivity contribution < 1.29 is 24.2 Å². The average molecular weight is 562 g/mol. The Balaban J connectivity index is 1.40. The van der Waals surface area contributed by atoms with Gasteiger partial charge in [-0.25, -0.2) is 4.79 Å². The summed E-state index contributed by atoms with van der Waals surface area (Å²) in [5.41, 5.74) is 3.47. The molecule has 0 atom stereocenters. The lowest BCUT2D eigenvalue weighted by atomic mass is 9.80. The van der Waals surface area contributed by atoms with Crippen molar-refractivity contribution in [1.82, 2.24) is 10.6 Å². The summed E-state index contributed by atoms with van der Waals surface area (Å²) in [6.45, 7) is 1.16. The molecule has 4 aromatic carbocycles. The summed E-state index contributed by atoms with van der Waals surface area (Å²) in [5.74, 6) is -1.49. The second-order valence-corrected chi connectivity index (χ2v) is 9.73. The lowest BCUT2D eigenvalue weighted by Gasteiger charge is -2.37. The number of aliphatic hydroxyl groups excluding tert-OH is 1. The van der Waals surface area contributed by atoms with E-state index in [1.807, 2.05) is 71.6 Å². The molecular weight excluding hydrogens is 530 g/mol. The summed E-state index contributed by atoms with van der Waals surface area (Å²) >= 11 is 0. The third-order valence-electron chi connectivity index (χ3n) is 7.10. The molecule has 1 aliphatic rings. The summed E-state index contributed by atoms with van der Waals surface area (Å²) in [5, 5.41) is 14.0. The monoisotopic (exact) mass is 561 g/mol. The number of amides is 4. The first-order valence-electron chi connectivity index (χ1n) is 13.7. The van der Waals surface area contributed by atoms with E-state index < -0.39 is 23.4 Å². The molecule has 4 aromatic rings. The molecule has 0 aliphatic carbocycles. The number of imide groups is 2. The smallest absolute Gasteiger partial charge is 0.328 e. The quantitative estimate of drug-likeness (QED) is 0.144. The van der Waals surface area contributed by atoms with Gasteiger partial charge >= 0.3 is 6.03 Å². The van der Waals surface area contributed by atoms with Crippen molar-refractivity contribution in [1.29, 1.82) is 0 Å². The molecule has 0 spiro atoms. The van der Waals surface area contributed by atoms with Crippen molar-refractivity contribution >= 4 is 29.6 Å². The number of hydrogen-bond donors (Lipinski definition) is 3. The number of nitrogens with one attached hydrogen (secondary N) is 2. The molecule has 1 fully saturated rings. The van der Waals surface area contributed by atoms with E-state index >= 15 is 0 Å². The number of carbonyl (C=O) groups excluding carboxylic acids is 3. The summed E-state index contributed by atoms with van der Waals surface area (Å²) in [7, 11) is 0. The lowest BCUT2D eigenvalue weighted by molar-refractivity contribution is -0.123. The Kier molecular flexibility index (Phi) is 8.87. The Bertz CT molecular complexity index is 1440. The Morgan fingerprint density at radius 3 is 1.60 bits per heavy atom. The molecule has 8 heteroatoms. The van der Waals surface area contributed by atoms with Gasteiger partial charge in [0, 0.05) is 18.8 Å². The minimum Gasteiger partial charge on any atom is -0.395 e. The fourth-order valence-corrected chi connectivity index (χ4v) is 5.12. The third kappa shape index (κ3) is 6.15. The molecule has 42 heavy (non-hydrogen) atoms. The first-order chi connectivity index (χ1) is 20.5. The maximum Gasteiger partial charge on any atom is 0.328 e. The Morgan fingerprint density at radius 2 is 1.14 bits per heavy atom. The number of aliphatic hydroxyl groups is 1. The number of urea groups is 1. The SMILES string of the molecule is O=C1NC(=O)C(=Cc2ccc(N(CCO)CCOC(c3ccccc3)(c3ccccc3)c3ccccc3)cc2)C(=O)N1. The Morgan fingerprint density at radius 1 is 0.667 bits per heavy atom. The summed E-state index contributed by atoms with van der Waals surface area (Å²) in [4.78, 5) is 37.5. The molecule has 0 bridgehead atoms. The van der Waals surface area contributed by atoms with Crippen LogP contribution in [-0.4, -0.2) is 49.3 Å². The van der Waals surface area contributed by atoms with Gasteiger partial charge in [0.1, 0.15) is 11.2 Å². The highest BCUT2D eigenvalue weighted by Gasteiger charge is 2.37. The third-order valence-corrected chi connectivity index (χ3v) is 7.10. The molecule has 0 aromatic heterocycles. The number of ether oxygens (including phenoxy) is 1. The van der Waals surface area contributed by atoms with Crippen molar-refractivity contribution in [3.63, 3.8) is 0 Å². The number of anilines is 1. The van der Waals surface area contributed by atoms with Gasteiger partial charge in [-0.05, 0) is 40.5 Å². The van der Waals surface area contributed by atoms with Gasteiger partial charge < -0.3 is 14.7 Å². The van der Waals surface area contributed by atoms with E-state index in [1.54, 1.807) is 12.1 Å². The van der Waals surface area contributed by atoms with Gasteiger partial charge in [0.25, 0.3) is 11.8 Å². The zero-order chi connectivity index (χ0) is 29.4. The summed E-state index contributed by atoms with van der Waals surface area (Å²) in [6, 6.07) is 36.8. The number of barbiturate groups is 1. The van der Waals surface area contributed by atoms with Gasteiger partial charge in [-0.2, -0.15) is 0 Å². The van der Waals surface area contributed by atoms with Crippen LogP contribution in [0.15, 0.2) is 121 Å². The van der Waals surface area contributed by atoms with Crippen LogP contribution in [0.5, 0.6) is 0 Å². The molecular formula is C34H31N3O5. The van der Waals surface area contributed by atoms with E-state index in [0.717, 1.165) is 22.4 Å². The predicted octanol–water partition coefficient (Wildman–Crippen LogP) is 4.24. The van der Waals surface area contributed by atoms with Crippen LogP contribution >= 0.6 is 0 Å². The van der Waals surface area contributed by atoms with Gasteiger partial charge in [0.2, 0.25) is 0 Å². The number of hydrogen-bond acceptors (Lipinski definition) is 6. The highest BCUT2D eigenvalue weighted by molar-refractivity contribution is 6.31. The molecule has 8 nitrogen and oxygen atoms in total. The standard InChI is InChI=1S/C34H31N3O5/c38-22-20-37(29-18-16-25(17-19-29)24-30-31(39)35-33(41)36-32(30)40)21-23-42-34(26-10-4-1-5-11-26,27-12-6-2-7-13-27)28-14-8-3-9-15-28/h1-19,24,38H,20-23H2,(H2,35,36,39,40,41). The number of nitrogens with zero attached hydrogens (tertiary/aromatic N) is 1. The fourth-order valence-electron chi connectivity index (χ4n) is 5.12. The van der Waals surface area contributed by atoms with E-state index in [9.17, 15) is 19.5 Å². The van der Waals surface area contributed by atoms with E-state index in [0.29, 0.717) is 25.3 Å². The molecule has 0 radical (unpaired) electrons. The fraction of sp³-hybridized carbons (Fsp3) is 0.147. The molecule has 0 saturated carbocycles. The summed E-state index contributed by atoms with van der Waals surface area (Å²) in [6.07, 6.45) is 1.42. The van der Waals surface area contributed by atoms with Gasteiger partial charge in [-0.1, -0.05) is 103 Å². The zero-order valence-electron chi connectivity index (χ0n) is 22.9. The van der Waals surface area contributed by atoms with Crippen LogP contribution in [-0.2, 0) is 19.9 Å². The topological polar surface area (TPSA) is 108 Å². The maximum absolute atomic E-state index is 12.1. The molecule has 1 saturated heterocycles. The van der Waals surface area contributed by atoms with Crippen molar-refractivity contribution in [2.45, 2.75) is 5.60 Å². The number of carbonyl (C=O) groups is 3. The van der Waals surface area contributed by atoms with Crippen LogP contribution in [0.3, 0.4) is 0 Å². The number of rotatable bonds is 11. The van der Waals surface area contributed by atoms with Gasteiger partial charge in [0.15, 0.2) is 0 Å². The van der Waals surface area contributed by atoms with Crippen LogP contribution < -0.4 is 15.5 Å². The second-order valence-electron chi connectivity index (χ2n) is 9.73. The van der Waals surface area contributed by atoms with Crippen LogP contribution in [0.25, 0.3) is 6.08 Å². The van der Waals surface area contributed by atoms with Gasteiger partial charge in [-0.15, -0.1) is 0 Å². The van der Waals surface area contributed by atoms with Gasteiger partial charge in [-0.3, -0.25) is 20.2 Å². The van der Waals surface area contributed by atoms with Crippen molar-refractivity contribution in [2.24, 2.45) is 0 Å². The molecule has 3 N–H and O–H groups in total. The minimum atomic E-state index is -0.854. The number of benzene rings is 4. The van der Waals surface area contributed by atoms with E-state index in [4.69, 9.17) is 4.74 Å². The molecule has 5 rings (SSSR count). The van der Waals surface area contributed by atoms with E-state index in [-0.39, 0.29) is 12.2 Å². The molecule has 0 unspecified atom stereocenters. The van der Waals surface area contributed by atoms with Crippen molar-refractivity contribution in [3.8, 4) is 0 Å². The Labute approximate surface area is 244 Å². The van der Waals surface area contributed by atoms with Crippen LogP contribution in [0.1, 0.15) is 22.3 Å². The molecule has 1 aliphatic heterocycles. The normalized spacial score (nSPS) is 13.4.